The van der Waals surface area contributed by atoms with Crippen molar-refractivity contribution in [2.24, 2.45) is 11.8 Å². The highest BCUT2D eigenvalue weighted by Crippen LogP contribution is 2.37. The Kier molecular flexibility index (Phi) is 1.49. The molecule has 2 rings (SSSR count). The zero-order valence-corrected chi connectivity index (χ0v) is 7.17. The molecule has 0 nitrogen and oxygen atoms in total. The van der Waals surface area contributed by atoms with Crippen molar-refractivity contribution in [2.75, 3.05) is 0 Å². The molecule has 0 bridgehead atoms. The van der Waals surface area contributed by atoms with Gasteiger partial charge in [0.15, 0.2) is 0 Å². The van der Waals surface area contributed by atoms with Gasteiger partial charge in [0.2, 0.25) is 0 Å². The molecule has 0 radical (unpaired) electrons. The highest BCUT2D eigenvalue weighted by Gasteiger charge is 2.22. The normalized spacial score (nSPS) is 34.7. The lowest BCUT2D eigenvalue weighted by molar-refractivity contribution is 0.731. The summed E-state index contributed by atoms with van der Waals surface area (Å²) in [5.41, 5.74) is 3.02. The Morgan fingerprint density at radius 1 is 1.36 bits per heavy atom. The molecule has 0 amide bonds. The van der Waals surface area contributed by atoms with Gasteiger partial charge in [0.05, 0.1) is 0 Å². The highest BCUT2D eigenvalue weighted by atomic mass is 14.3. The molecule has 2 atom stereocenters. The lowest BCUT2D eigenvalue weighted by atomic mass is 9.96. The standard InChI is InChI=1S/C11H14/c1-8-3-5-10(6-4-8)11-7-9(11)2/h3,5-9H,4H2,1-2H3. The van der Waals surface area contributed by atoms with Crippen LogP contribution in [0, 0.1) is 11.8 Å². The van der Waals surface area contributed by atoms with Gasteiger partial charge in [0.25, 0.3) is 0 Å². The van der Waals surface area contributed by atoms with Crippen LogP contribution in [0.25, 0.3) is 0 Å². The Balaban J connectivity index is 2.07. The van der Waals surface area contributed by atoms with E-state index in [0.717, 1.165) is 11.8 Å². The van der Waals surface area contributed by atoms with E-state index in [4.69, 9.17) is 0 Å². The summed E-state index contributed by atoms with van der Waals surface area (Å²) < 4.78 is 0. The maximum Gasteiger partial charge on any atom is -0.000131 e. The van der Waals surface area contributed by atoms with Gasteiger partial charge in [-0.2, -0.15) is 0 Å². The Morgan fingerprint density at radius 3 is 2.55 bits per heavy atom. The molecule has 0 saturated carbocycles. The zero-order valence-electron chi connectivity index (χ0n) is 7.17. The second kappa shape index (κ2) is 2.37. The van der Waals surface area contributed by atoms with Crippen molar-refractivity contribution in [3.05, 3.63) is 35.5 Å². The van der Waals surface area contributed by atoms with Crippen LogP contribution in [0.2, 0.25) is 0 Å². The summed E-state index contributed by atoms with van der Waals surface area (Å²) in [4.78, 5) is 0. The van der Waals surface area contributed by atoms with E-state index in [1.54, 1.807) is 5.57 Å². The Morgan fingerprint density at radius 2 is 2.09 bits per heavy atom. The topological polar surface area (TPSA) is 0 Å². The molecule has 0 aliphatic heterocycles. The van der Waals surface area contributed by atoms with E-state index in [0.29, 0.717) is 0 Å². The average molecular weight is 146 g/mol. The van der Waals surface area contributed by atoms with E-state index in [1.807, 2.05) is 0 Å². The molecule has 11 heavy (non-hydrogen) atoms. The maximum atomic E-state index is 2.36. The maximum absolute atomic E-state index is 2.36. The van der Waals surface area contributed by atoms with Crippen LogP contribution in [0.3, 0.4) is 0 Å². The molecule has 58 valence electrons. The predicted octanol–water partition coefficient (Wildman–Crippen LogP) is 3.08. The van der Waals surface area contributed by atoms with Crippen molar-refractivity contribution in [1.82, 2.24) is 0 Å². The molecule has 0 aromatic carbocycles. The van der Waals surface area contributed by atoms with E-state index in [-0.39, 0.29) is 0 Å². The summed E-state index contributed by atoms with van der Waals surface area (Å²) in [6, 6.07) is 0. The summed E-state index contributed by atoms with van der Waals surface area (Å²) in [6.45, 7) is 4.51. The van der Waals surface area contributed by atoms with Crippen molar-refractivity contribution in [3.63, 3.8) is 0 Å². The first-order valence-electron chi connectivity index (χ1n) is 4.38. The summed E-state index contributed by atoms with van der Waals surface area (Å²) in [5.74, 6) is 1.49. The molecule has 2 aliphatic carbocycles. The first-order chi connectivity index (χ1) is 5.27. The third-order valence-electron chi connectivity index (χ3n) is 2.46. The Bertz CT molecular complexity index is 253. The molecule has 2 unspecified atom stereocenters. The zero-order chi connectivity index (χ0) is 7.84. The third-order valence-corrected chi connectivity index (χ3v) is 2.46. The van der Waals surface area contributed by atoms with Crippen LogP contribution in [0.4, 0.5) is 0 Å². The van der Waals surface area contributed by atoms with Gasteiger partial charge in [-0.05, 0) is 29.4 Å². The molecule has 0 aromatic rings. The lowest BCUT2D eigenvalue weighted by Gasteiger charge is -2.09. The number of allylic oxidation sites excluding steroid dienone is 6. The minimum atomic E-state index is 0.744. The molecule has 0 aromatic heterocycles. The smallest absolute Gasteiger partial charge is 0.000131 e. The van der Waals surface area contributed by atoms with E-state index in [2.05, 4.69) is 38.2 Å². The predicted molar refractivity (Wildman–Crippen MR) is 48.3 cm³/mol. The second-order valence-electron chi connectivity index (χ2n) is 3.64. The van der Waals surface area contributed by atoms with Gasteiger partial charge in [0.1, 0.15) is 0 Å². The summed E-state index contributed by atoms with van der Waals surface area (Å²) >= 11 is 0. The van der Waals surface area contributed by atoms with Gasteiger partial charge in [0, 0.05) is 0 Å². The second-order valence-corrected chi connectivity index (χ2v) is 3.64. The fourth-order valence-electron chi connectivity index (χ4n) is 1.52. The molecule has 2 aliphatic rings. The van der Waals surface area contributed by atoms with Crippen LogP contribution in [-0.2, 0) is 0 Å². The summed E-state index contributed by atoms with van der Waals surface area (Å²) in [6.07, 6.45) is 10.5. The van der Waals surface area contributed by atoms with E-state index >= 15 is 0 Å². The monoisotopic (exact) mass is 146 g/mol. The molecule has 0 saturated heterocycles. The van der Waals surface area contributed by atoms with Crippen molar-refractivity contribution in [1.29, 1.82) is 0 Å². The Labute approximate surface area is 68.3 Å². The molecular formula is C11H14. The van der Waals surface area contributed by atoms with E-state index < -0.39 is 0 Å². The van der Waals surface area contributed by atoms with Crippen LogP contribution in [0.5, 0.6) is 0 Å². The van der Waals surface area contributed by atoms with Crippen LogP contribution in [0.15, 0.2) is 35.5 Å². The average Bonchev–Trinajstić information content (AvgIpc) is 2.69. The van der Waals surface area contributed by atoms with Crippen molar-refractivity contribution in [2.45, 2.75) is 20.3 Å². The van der Waals surface area contributed by atoms with Gasteiger partial charge in [-0.3, -0.25) is 0 Å². The van der Waals surface area contributed by atoms with Crippen molar-refractivity contribution in [3.8, 4) is 0 Å². The van der Waals surface area contributed by atoms with Crippen LogP contribution >= 0.6 is 0 Å². The van der Waals surface area contributed by atoms with Gasteiger partial charge in [-0.15, -0.1) is 0 Å². The molecule has 0 N–H and O–H groups in total. The van der Waals surface area contributed by atoms with E-state index in [1.165, 1.54) is 12.0 Å². The highest BCUT2D eigenvalue weighted by molar-refractivity contribution is 5.52. The molecule has 0 spiro atoms. The largest absolute Gasteiger partial charge is 0.0808 e. The van der Waals surface area contributed by atoms with Gasteiger partial charge < -0.3 is 0 Å². The molecule has 0 fully saturated rings. The fourth-order valence-corrected chi connectivity index (χ4v) is 1.52. The quantitative estimate of drug-likeness (QED) is 0.533. The summed E-state index contributed by atoms with van der Waals surface area (Å²) in [7, 11) is 0. The fraction of sp³-hybridized carbons (Fsp3) is 0.455. The van der Waals surface area contributed by atoms with Gasteiger partial charge in [-0.25, -0.2) is 0 Å². The Hall–Kier alpha value is -0.780. The number of hydrogen-bond donors (Lipinski definition) is 0. The van der Waals surface area contributed by atoms with Crippen molar-refractivity contribution >= 4 is 0 Å². The van der Waals surface area contributed by atoms with Crippen LogP contribution in [0.1, 0.15) is 20.3 Å². The number of rotatable bonds is 1. The third kappa shape index (κ3) is 1.30. The minimum Gasteiger partial charge on any atom is -0.0808 e. The SMILES string of the molecule is CC1C=CC(C2=CC2C)=CC1. The van der Waals surface area contributed by atoms with Crippen LogP contribution in [-0.4, -0.2) is 0 Å². The molecule has 0 heterocycles. The lowest BCUT2D eigenvalue weighted by Crippen LogP contribution is -1.94. The van der Waals surface area contributed by atoms with Crippen molar-refractivity contribution < 1.29 is 0 Å². The van der Waals surface area contributed by atoms with Gasteiger partial charge >= 0.3 is 0 Å². The van der Waals surface area contributed by atoms with Crippen LogP contribution < -0.4 is 0 Å². The minimum absolute atomic E-state index is 0.744. The van der Waals surface area contributed by atoms with E-state index in [9.17, 15) is 0 Å². The summed E-state index contributed by atoms with van der Waals surface area (Å²) in [5, 5.41) is 0. The molecule has 0 heteroatoms. The number of hydrogen-bond acceptors (Lipinski definition) is 0. The first-order valence-corrected chi connectivity index (χ1v) is 4.38. The molecular weight excluding hydrogens is 132 g/mol. The first kappa shape index (κ1) is 6.90. The van der Waals surface area contributed by atoms with Gasteiger partial charge in [-0.1, -0.05) is 38.2 Å².